The van der Waals surface area contributed by atoms with Crippen LogP contribution in [0.1, 0.15) is 48.5 Å². The average molecular weight is 344 g/mol. The monoisotopic (exact) mass is 344 g/mol. The molecule has 2 rings (SSSR count). The molecule has 0 spiro atoms. The number of amides is 2. The van der Waals surface area contributed by atoms with E-state index in [4.69, 9.17) is 0 Å². The van der Waals surface area contributed by atoms with E-state index in [2.05, 4.69) is 10.6 Å². The molecule has 0 saturated carbocycles. The lowest BCUT2D eigenvalue weighted by atomic mass is 9.97. The van der Waals surface area contributed by atoms with Crippen molar-refractivity contribution >= 4 is 23.2 Å². The van der Waals surface area contributed by atoms with Crippen LogP contribution in [-0.4, -0.2) is 17.9 Å². The Morgan fingerprint density at radius 3 is 2.33 bits per heavy atom. The third-order valence-corrected chi connectivity index (χ3v) is 5.20. The van der Waals surface area contributed by atoms with Gasteiger partial charge >= 0.3 is 0 Å². The van der Waals surface area contributed by atoms with Crippen molar-refractivity contribution in [1.82, 2.24) is 10.6 Å². The lowest BCUT2D eigenvalue weighted by molar-refractivity contribution is -0.124. The molecule has 1 aromatic carbocycles. The first-order chi connectivity index (χ1) is 11.5. The predicted molar refractivity (Wildman–Crippen MR) is 98.0 cm³/mol. The molecule has 24 heavy (non-hydrogen) atoms. The zero-order valence-electron chi connectivity index (χ0n) is 14.3. The van der Waals surface area contributed by atoms with Gasteiger partial charge in [-0.25, -0.2) is 0 Å². The molecule has 0 bridgehead atoms. The van der Waals surface area contributed by atoms with Crippen LogP contribution in [-0.2, 0) is 4.79 Å². The molecule has 1 heterocycles. The van der Waals surface area contributed by atoms with Crippen LogP contribution >= 0.6 is 11.3 Å². The van der Waals surface area contributed by atoms with Crippen LogP contribution in [0.15, 0.2) is 47.8 Å². The third-order valence-electron chi connectivity index (χ3n) is 4.15. The number of benzene rings is 1. The molecule has 0 aliphatic rings. The Kier molecular flexibility index (Phi) is 6.55. The molecule has 3 unspecified atom stereocenters. The standard InChI is InChI=1S/C19H24N2O2S/c1-4-13(2)17(21-18(22)15-9-6-5-7-10-15)19(23)20-14(3)16-11-8-12-24-16/h5-14,17H,4H2,1-3H3,(H,20,23)(H,21,22). The average Bonchev–Trinajstić information content (AvgIpc) is 3.14. The number of nitrogens with one attached hydrogen (secondary N) is 2. The molecule has 128 valence electrons. The molecule has 0 saturated heterocycles. The van der Waals surface area contributed by atoms with E-state index in [9.17, 15) is 9.59 Å². The van der Waals surface area contributed by atoms with Crippen molar-refractivity contribution in [1.29, 1.82) is 0 Å². The largest absolute Gasteiger partial charge is 0.347 e. The Labute approximate surface area is 147 Å². The number of hydrogen-bond donors (Lipinski definition) is 2. The highest BCUT2D eigenvalue weighted by Crippen LogP contribution is 2.19. The van der Waals surface area contributed by atoms with E-state index in [-0.39, 0.29) is 23.8 Å². The summed E-state index contributed by atoms with van der Waals surface area (Å²) in [6.45, 7) is 5.95. The summed E-state index contributed by atoms with van der Waals surface area (Å²) in [5, 5.41) is 7.89. The van der Waals surface area contributed by atoms with Crippen molar-refractivity contribution in [2.75, 3.05) is 0 Å². The Morgan fingerprint density at radius 2 is 1.75 bits per heavy atom. The maximum atomic E-state index is 12.7. The van der Waals surface area contributed by atoms with Crippen LogP contribution < -0.4 is 10.6 Å². The quantitative estimate of drug-likeness (QED) is 0.803. The summed E-state index contributed by atoms with van der Waals surface area (Å²) in [6.07, 6.45) is 0.806. The third kappa shape index (κ3) is 4.68. The highest BCUT2D eigenvalue weighted by atomic mass is 32.1. The van der Waals surface area contributed by atoms with Crippen molar-refractivity contribution in [2.24, 2.45) is 5.92 Å². The van der Waals surface area contributed by atoms with Gasteiger partial charge in [-0.05, 0) is 36.4 Å². The van der Waals surface area contributed by atoms with E-state index < -0.39 is 6.04 Å². The molecule has 2 N–H and O–H groups in total. The minimum absolute atomic E-state index is 0.0493. The minimum Gasteiger partial charge on any atom is -0.347 e. The molecule has 3 atom stereocenters. The SMILES string of the molecule is CCC(C)C(NC(=O)c1ccccc1)C(=O)NC(C)c1cccs1. The second-order valence-electron chi connectivity index (χ2n) is 5.95. The molecule has 0 aliphatic carbocycles. The van der Waals surface area contributed by atoms with Crippen molar-refractivity contribution in [3.8, 4) is 0 Å². The summed E-state index contributed by atoms with van der Waals surface area (Å²) >= 11 is 1.61. The van der Waals surface area contributed by atoms with E-state index in [1.165, 1.54) is 0 Å². The Morgan fingerprint density at radius 1 is 1.04 bits per heavy atom. The Hall–Kier alpha value is -2.14. The highest BCUT2D eigenvalue weighted by molar-refractivity contribution is 7.10. The maximum Gasteiger partial charge on any atom is 0.251 e. The molecule has 1 aromatic heterocycles. The molecule has 0 radical (unpaired) electrons. The van der Waals surface area contributed by atoms with E-state index in [0.717, 1.165) is 11.3 Å². The smallest absolute Gasteiger partial charge is 0.251 e. The van der Waals surface area contributed by atoms with Crippen LogP contribution in [0.4, 0.5) is 0 Å². The lowest BCUT2D eigenvalue weighted by Crippen LogP contribution is -2.50. The Balaban J connectivity index is 2.07. The summed E-state index contributed by atoms with van der Waals surface area (Å²) in [4.78, 5) is 26.2. The van der Waals surface area contributed by atoms with Gasteiger partial charge in [0.25, 0.3) is 5.91 Å². The molecule has 4 nitrogen and oxygen atoms in total. The summed E-state index contributed by atoms with van der Waals surface area (Å²) < 4.78 is 0. The van der Waals surface area contributed by atoms with Gasteiger partial charge in [0.05, 0.1) is 6.04 Å². The summed E-state index contributed by atoms with van der Waals surface area (Å²) in [5.41, 5.74) is 0.560. The maximum absolute atomic E-state index is 12.7. The van der Waals surface area contributed by atoms with Gasteiger partial charge in [-0.1, -0.05) is 44.5 Å². The van der Waals surface area contributed by atoms with E-state index in [1.807, 2.05) is 56.5 Å². The topological polar surface area (TPSA) is 58.2 Å². The van der Waals surface area contributed by atoms with Gasteiger partial charge in [-0.3, -0.25) is 9.59 Å². The normalized spacial score (nSPS) is 14.5. The molecular formula is C19H24N2O2S. The van der Waals surface area contributed by atoms with Gasteiger partial charge in [0.15, 0.2) is 0 Å². The van der Waals surface area contributed by atoms with Crippen LogP contribution in [0.2, 0.25) is 0 Å². The van der Waals surface area contributed by atoms with Crippen molar-refractivity contribution < 1.29 is 9.59 Å². The van der Waals surface area contributed by atoms with Crippen molar-refractivity contribution in [3.05, 3.63) is 58.3 Å². The fraction of sp³-hybridized carbons (Fsp3) is 0.368. The predicted octanol–water partition coefficient (Wildman–Crippen LogP) is 3.77. The molecule has 0 fully saturated rings. The number of carbonyl (C=O) groups excluding carboxylic acids is 2. The van der Waals surface area contributed by atoms with Gasteiger partial charge < -0.3 is 10.6 Å². The number of hydrogen-bond acceptors (Lipinski definition) is 3. The van der Waals surface area contributed by atoms with Crippen LogP contribution in [0.25, 0.3) is 0 Å². The van der Waals surface area contributed by atoms with Gasteiger partial charge in [-0.2, -0.15) is 0 Å². The number of thiophene rings is 1. The van der Waals surface area contributed by atoms with Gasteiger partial charge in [0, 0.05) is 10.4 Å². The highest BCUT2D eigenvalue weighted by Gasteiger charge is 2.27. The number of rotatable bonds is 7. The van der Waals surface area contributed by atoms with E-state index in [0.29, 0.717) is 5.56 Å². The Bertz CT molecular complexity index is 655. The fourth-order valence-corrected chi connectivity index (χ4v) is 3.16. The second-order valence-corrected chi connectivity index (χ2v) is 6.93. The zero-order chi connectivity index (χ0) is 17.5. The van der Waals surface area contributed by atoms with Gasteiger partial charge in [0.2, 0.25) is 5.91 Å². The van der Waals surface area contributed by atoms with Crippen LogP contribution in [0.3, 0.4) is 0 Å². The molecule has 5 heteroatoms. The first kappa shape index (κ1) is 18.2. The van der Waals surface area contributed by atoms with Crippen molar-refractivity contribution in [2.45, 2.75) is 39.3 Å². The number of carbonyl (C=O) groups is 2. The lowest BCUT2D eigenvalue weighted by Gasteiger charge is -2.25. The molecule has 0 aliphatic heterocycles. The second kappa shape index (κ2) is 8.64. The first-order valence-corrected chi connectivity index (χ1v) is 9.10. The summed E-state index contributed by atoms with van der Waals surface area (Å²) in [5.74, 6) is -0.317. The summed E-state index contributed by atoms with van der Waals surface area (Å²) in [6, 6.07) is 12.3. The fourth-order valence-electron chi connectivity index (χ4n) is 2.43. The van der Waals surface area contributed by atoms with Crippen LogP contribution in [0.5, 0.6) is 0 Å². The van der Waals surface area contributed by atoms with E-state index in [1.54, 1.807) is 23.5 Å². The minimum atomic E-state index is -0.551. The van der Waals surface area contributed by atoms with E-state index >= 15 is 0 Å². The zero-order valence-corrected chi connectivity index (χ0v) is 15.1. The molecule has 2 amide bonds. The van der Waals surface area contributed by atoms with Crippen LogP contribution in [0, 0.1) is 5.92 Å². The molecular weight excluding hydrogens is 320 g/mol. The summed E-state index contributed by atoms with van der Waals surface area (Å²) in [7, 11) is 0. The molecule has 2 aromatic rings. The first-order valence-electron chi connectivity index (χ1n) is 8.22. The van der Waals surface area contributed by atoms with Crippen molar-refractivity contribution in [3.63, 3.8) is 0 Å². The van der Waals surface area contributed by atoms with Gasteiger partial charge in [-0.15, -0.1) is 11.3 Å². The van der Waals surface area contributed by atoms with Gasteiger partial charge in [0.1, 0.15) is 6.04 Å².